The lowest BCUT2D eigenvalue weighted by Gasteiger charge is -2.40. The molecule has 0 amide bonds. The molecule has 1 heterocycles. The second-order valence-electron chi connectivity index (χ2n) is 7.79. The van der Waals surface area contributed by atoms with Crippen molar-refractivity contribution in [3.63, 3.8) is 0 Å². The van der Waals surface area contributed by atoms with Crippen molar-refractivity contribution >= 4 is 0 Å². The molecule has 0 saturated heterocycles. The Kier molecular flexibility index (Phi) is 5.85. The fraction of sp³-hybridized carbons (Fsp3) is 0.556. The van der Waals surface area contributed by atoms with Gasteiger partial charge in [-0.15, -0.1) is 0 Å². The van der Waals surface area contributed by atoms with Gasteiger partial charge in [0.15, 0.2) is 0 Å². The van der Waals surface area contributed by atoms with Crippen LogP contribution in [0.4, 0.5) is 26.3 Å². The van der Waals surface area contributed by atoms with Gasteiger partial charge in [-0.25, -0.2) is 4.98 Å². The van der Waals surface area contributed by atoms with Crippen LogP contribution in [0.15, 0.2) is 30.9 Å². The van der Waals surface area contributed by atoms with Gasteiger partial charge in [-0.2, -0.15) is 31.4 Å². The van der Waals surface area contributed by atoms with Crippen LogP contribution >= 0.6 is 0 Å². The van der Waals surface area contributed by atoms with Gasteiger partial charge >= 0.3 is 12.4 Å². The molecule has 1 aromatic heterocycles. The summed E-state index contributed by atoms with van der Waals surface area (Å²) in [5.74, 6) is 0. The van der Waals surface area contributed by atoms with Crippen molar-refractivity contribution in [2.24, 2.45) is 5.41 Å². The molecule has 0 fully saturated rings. The first kappa shape index (κ1) is 22.2. The molecule has 0 radical (unpaired) electrons. The Hall–Kier alpha value is -2.10. The predicted octanol–water partition coefficient (Wildman–Crippen LogP) is 4.73. The number of aliphatic hydroxyl groups is 1. The van der Waals surface area contributed by atoms with E-state index < -0.39 is 34.5 Å². The van der Waals surface area contributed by atoms with Gasteiger partial charge in [0.05, 0.1) is 23.3 Å². The smallest absolute Gasteiger partial charge is 0.387 e. The SMILES string of the molecule is CC(C)(C)C(O)(CCc1cc(C(F)(F)F)cc(C(F)(F)F)c1)Cn1cncn1. The van der Waals surface area contributed by atoms with Crippen LogP contribution in [0, 0.1) is 5.41 Å². The van der Waals surface area contributed by atoms with Gasteiger partial charge in [0.2, 0.25) is 0 Å². The number of benzene rings is 1. The summed E-state index contributed by atoms with van der Waals surface area (Å²) in [6.45, 7) is 5.20. The molecule has 0 spiro atoms. The van der Waals surface area contributed by atoms with E-state index in [4.69, 9.17) is 0 Å². The van der Waals surface area contributed by atoms with Crippen molar-refractivity contribution in [2.75, 3.05) is 0 Å². The molecule has 0 aliphatic rings. The number of hydrogen-bond acceptors (Lipinski definition) is 3. The minimum Gasteiger partial charge on any atom is -0.387 e. The van der Waals surface area contributed by atoms with E-state index in [9.17, 15) is 31.4 Å². The Labute approximate surface area is 158 Å². The Bertz CT molecular complexity index is 761. The molecular weight excluding hydrogens is 388 g/mol. The standard InChI is InChI=1S/C18H21F6N3O/c1-15(2,3)16(28,9-27-11-25-10-26-27)5-4-12-6-13(17(19,20)21)8-14(7-12)18(22,23)24/h6-8,10-11,28H,4-5,9H2,1-3H3. The van der Waals surface area contributed by atoms with Crippen molar-refractivity contribution in [2.45, 2.75) is 58.1 Å². The average Bonchev–Trinajstić information content (AvgIpc) is 3.02. The predicted molar refractivity (Wildman–Crippen MR) is 89.2 cm³/mol. The summed E-state index contributed by atoms with van der Waals surface area (Å²) in [4.78, 5) is 3.77. The largest absolute Gasteiger partial charge is 0.416 e. The lowest BCUT2D eigenvalue weighted by atomic mass is 9.73. The van der Waals surface area contributed by atoms with E-state index in [-0.39, 0.29) is 31.0 Å². The Balaban J connectivity index is 2.34. The molecule has 1 atom stereocenters. The van der Waals surface area contributed by atoms with Gasteiger partial charge in [-0.1, -0.05) is 20.8 Å². The van der Waals surface area contributed by atoms with E-state index in [1.54, 1.807) is 20.8 Å². The molecule has 28 heavy (non-hydrogen) atoms. The first-order valence-electron chi connectivity index (χ1n) is 8.45. The molecule has 0 aliphatic carbocycles. The Morgan fingerprint density at radius 1 is 0.929 bits per heavy atom. The molecule has 1 unspecified atom stereocenters. The third-order valence-corrected chi connectivity index (χ3v) is 4.76. The summed E-state index contributed by atoms with van der Waals surface area (Å²) in [5, 5.41) is 15.0. The molecule has 2 rings (SSSR count). The highest BCUT2D eigenvalue weighted by Crippen LogP contribution is 2.39. The number of aryl methyl sites for hydroxylation is 1. The molecule has 0 aliphatic heterocycles. The van der Waals surface area contributed by atoms with E-state index in [1.807, 2.05) is 0 Å². The summed E-state index contributed by atoms with van der Waals surface area (Å²) in [7, 11) is 0. The Morgan fingerprint density at radius 2 is 1.46 bits per heavy atom. The van der Waals surface area contributed by atoms with E-state index in [2.05, 4.69) is 10.1 Å². The van der Waals surface area contributed by atoms with Crippen LogP contribution in [-0.2, 0) is 25.3 Å². The first-order valence-corrected chi connectivity index (χ1v) is 8.45. The molecule has 4 nitrogen and oxygen atoms in total. The maximum absolute atomic E-state index is 13.0. The maximum Gasteiger partial charge on any atom is 0.416 e. The quantitative estimate of drug-likeness (QED) is 0.727. The fourth-order valence-corrected chi connectivity index (χ4v) is 2.79. The van der Waals surface area contributed by atoms with Crippen molar-refractivity contribution in [1.82, 2.24) is 14.8 Å². The number of aromatic nitrogens is 3. The monoisotopic (exact) mass is 409 g/mol. The van der Waals surface area contributed by atoms with Gasteiger partial charge in [0.25, 0.3) is 0 Å². The Morgan fingerprint density at radius 3 is 1.86 bits per heavy atom. The van der Waals surface area contributed by atoms with Crippen molar-refractivity contribution < 1.29 is 31.4 Å². The van der Waals surface area contributed by atoms with Gasteiger partial charge in [0.1, 0.15) is 12.7 Å². The third-order valence-electron chi connectivity index (χ3n) is 4.76. The normalized spacial score (nSPS) is 15.5. The number of hydrogen-bond donors (Lipinski definition) is 1. The van der Waals surface area contributed by atoms with Crippen LogP contribution in [0.5, 0.6) is 0 Å². The van der Waals surface area contributed by atoms with Crippen molar-refractivity contribution in [1.29, 1.82) is 0 Å². The van der Waals surface area contributed by atoms with Crippen LogP contribution in [0.2, 0.25) is 0 Å². The average molecular weight is 409 g/mol. The van der Waals surface area contributed by atoms with Gasteiger partial charge in [-0.05, 0) is 42.0 Å². The third kappa shape index (κ3) is 5.24. The topological polar surface area (TPSA) is 50.9 Å². The van der Waals surface area contributed by atoms with E-state index in [1.165, 1.54) is 17.3 Å². The molecule has 2 aromatic rings. The number of alkyl halides is 6. The number of rotatable bonds is 5. The zero-order valence-electron chi connectivity index (χ0n) is 15.6. The highest BCUT2D eigenvalue weighted by molar-refractivity contribution is 5.34. The van der Waals surface area contributed by atoms with Crippen molar-refractivity contribution in [3.05, 3.63) is 47.5 Å². The fourth-order valence-electron chi connectivity index (χ4n) is 2.79. The second kappa shape index (κ2) is 7.38. The van der Waals surface area contributed by atoms with Gasteiger partial charge in [0, 0.05) is 0 Å². The van der Waals surface area contributed by atoms with Crippen LogP contribution in [0.25, 0.3) is 0 Å². The number of halogens is 6. The molecule has 0 bridgehead atoms. The molecule has 156 valence electrons. The van der Waals surface area contributed by atoms with Crippen LogP contribution in [0.3, 0.4) is 0 Å². The van der Waals surface area contributed by atoms with Crippen LogP contribution in [0.1, 0.15) is 43.9 Å². The minimum atomic E-state index is -4.91. The van der Waals surface area contributed by atoms with Crippen LogP contribution < -0.4 is 0 Å². The van der Waals surface area contributed by atoms with E-state index >= 15 is 0 Å². The minimum absolute atomic E-state index is 0.00158. The highest BCUT2D eigenvalue weighted by atomic mass is 19.4. The number of nitrogens with zero attached hydrogens (tertiary/aromatic N) is 3. The zero-order valence-corrected chi connectivity index (χ0v) is 15.6. The molecule has 1 aromatic carbocycles. The van der Waals surface area contributed by atoms with Gasteiger partial charge < -0.3 is 5.11 Å². The maximum atomic E-state index is 13.0. The van der Waals surface area contributed by atoms with E-state index in [0.29, 0.717) is 12.1 Å². The summed E-state index contributed by atoms with van der Waals surface area (Å²) in [6.07, 6.45) is -7.40. The summed E-state index contributed by atoms with van der Waals surface area (Å²) in [5.41, 5.74) is -5.04. The molecule has 10 heteroatoms. The lowest BCUT2D eigenvalue weighted by molar-refractivity contribution is -0.143. The summed E-state index contributed by atoms with van der Waals surface area (Å²) in [6, 6.07) is 1.47. The summed E-state index contributed by atoms with van der Waals surface area (Å²) < 4.78 is 79.5. The zero-order chi connectivity index (χ0) is 21.4. The molecular formula is C18H21F6N3O. The summed E-state index contributed by atoms with van der Waals surface area (Å²) >= 11 is 0. The molecule has 0 saturated carbocycles. The molecule has 1 N–H and O–H groups in total. The van der Waals surface area contributed by atoms with Gasteiger partial charge in [-0.3, -0.25) is 4.68 Å². The van der Waals surface area contributed by atoms with E-state index in [0.717, 1.165) is 0 Å². The second-order valence-corrected chi connectivity index (χ2v) is 7.79. The highest BCUT2D eigenvalue weighted by Gasteiger charge is 2.41. The van der Waals surface area contributed by atoms with Crippen LogP contribution in [-0.4, -0.2) is 25.5 Å². The lowest BCUT2D eigenvalue weighted by Crippen LogP contribution is -2.47. The van der Waals surface area contributed by atoms with Crippen molar-refractivity contribution in [3.8, 4) is 0 Å². The first-order chi connectivity index (χ1) is 12.6.